The molecular weight excluding hydrogens is 469 g/mol. The van der Waals surface area contributed by atoms with Crippen molar-refractivity contribution in [3.63, 3.8) is 0 Å². The van der Waals surface area contributed by atoms with Crippen LogP contribution >= 0.6 is 34.8 Å². The maximum atomic E-state index is 13.4. The lowest BCUT2D eigenvalue weighted by Gasteiger charge is -2.26. The first kappa shape index (κ1) is 23.1. The number of halogens is 3. The Balaban J connectivity index is 2.18. The minimum Gasteiger partial charge on any atom is -0.337 e. The number of carbonyl (C=O) groups excluding carboxylic acids is 1. The number of benzene rings is 2. The van der Waals surface area contributed by atoms with E-state index in [-0.39, 0.29) is 34.5 Å². The Bertz CT molecular complexity index is 1270. The zero-order chi connectivity index (χ0) is 22.4. The molecule has 10 heteroatoms. The fraction of sp³-hybridized carbons (Fsp3) is 0.250. The Morgan fingerprint density at radius 3 is 2.30 bits per heavy atom. The van der Waals surface area contributed by atoms with Gasteiger partial charge in [0, 0.05) is 16.6 Å². The number of nitrogens with two attached hydrogens (primary N) is 1. The van der Waals surface area contributed by atoms with Gasteiger partial charge in [-0.3, -0.25) is 4.79 Å². The summed E-state index contributed by atoms with van der Waals surface area (Å²) in [7, 11) is -0.800. The average Bonchev–Trinajstić information content (AvgIpc) is 2.93. The molecule has 6 nitrogen and oxygen atoms in total. The van der Waals surface area contributed by atoms with Crippen LogP contribution in [-0.2, 0) is 16.8 Å². The number of quaternary nitrogens is 1. The number of ketones is 1. The second kappa shape index (κ2) is 8.15. The van der Waals surface area contributed by atoms with Gasteiger partial charge in [-0.2, -0.15) is 13.6 Å². The molecule has 160 valence electrons. The number of carbonyl (C=O) groups is 1. The largest absolute Gasteiger partial charge is 0.367 e. The Morgan fingerprint density at radius 2 is 1.67 bits per heavy atom. The summed E-state index contributed by atoms with van der Waals surface area (Å²) in [6, 6.07) is 10.2. The summed E-state index contributed by atoms with van der Waals surface area (Å²) in [5, 5.41) is 6.92. The predicted molar refractivity (Wildman–Crippen MR) is 122 cm³/mol. The standard InChI is InChI=1S/C20H21Cl3N3O3S/c1-12-17(20(27)14-7-5-8-15(21)18(14)23)13-6-4-9-16(22)19(13)25(12)10-11-26(2,3)30(24,28)29/h4-9H,10-11H2,1-3H3,(H2,24,28,29)/q+1. The van der Waals surface area contributed by atoms with Crippen molar-refractivity contribution in [3.05, 3.63) is 68.3 Å². The number of para-hydroxylation sites is 1. The van der Waals surface area contributed by atoms with Crippen LogP contribution in [-0.4, -0.2) is 43.3 Å². The number of likely N-dealkylation sites (N-methyl/N-ethyl adjacent to an activating group) is 1. The van der Waals surface area contributed by atoms with Crippen molar-refractivity contribution in [2.75, 3.05) is 20.6 Å². The number of aromatic nitrogens is 1. The molecular formula is C20H21Cl3N3O3S+. The molecule has 3 rings (SSSR count). The normalized spacial score (nSPS) is 12.5. The quantitative estimate of drug-likeness (QED) is 0.411. The molecule has 30 heavy (non-hydrogen) atoms. The third-order valence-electron chi connectivity index (χ3n) is 5.27. The van der Waals surface area contributed by atoms with Crippen LogP contribution in [0.1, 0.15) is 21.6 Å². The molecule has 0 aliphatic rings. The monoisotopic (exact) mass is 488 g/mol. The van der Waals surface area contributed by atoms with Crippen LogP contribution in [0, 0.1) is 6.92 Å². The summed E-state index contributed by atoms with van der Waals surface area (Å²) in [4.78, 5) is 13.4. The van der Waals surface area contributed by atoms with Crippen LogP contribution in [0.25, 0.3) is 10.9 Å². The zero-order valence-corrected chi connectivity index (χ0v) is 19.7. The number of hydrogen-bond donors (Lipinski definition) is 1. The highest BCUT2D eigenvalue weighted by Gasteiger charge is 2.30. The number of hydrogen-bond acceptors (Lipinski definition) is 3. The molecule has 1 aromatic heterocycles. The summed E-state index contributed by atoms with van der Waals surface area (Å²) in [6.45, 7) is 2.26. The van der Waals surface area contributed by atoms with E-state index in [0.717, 1.165) is 0 Å². The molecule has 1 heterocycles. The van der Waals surface area contributed by atoms with Crippen molar-refractivity contribution in [2.45, 2.75) is 13.5 Å². The third kappa shape index (κ3) is 3.98. The molecule has 3 aromatic rings. The lowest BCUT2D eigenvalue weighted by Crippen LogP contribution is -2.51. The van der Waals surface area contributed by atoms with E-state index in [0.29, 0.717) is 27.2 Å². The molecule has 0 saturated carbocycles. The second-order valence-electron chi connectivity index (χ2n) is 7.49. The maximum absolute atomic E-state index is 13.4. The van der Waals surface area contributed by atoms with Gasteiger partial charge in [0.2, 0.25) is 0 Å². The molecule has 2 N–H and O–H groups in total. The van der Waals surface area contributed by atoms with E-state index < -0.39 is 14.1 Å². The van der Waals surface area contributed by atoms with Gasteiger partial charge in [0.25, 0.3) is 0 Å². The van der Waals surface area contributed by atoms with Crippen LogP contribution < -0.4 is 5.14 Å². The van der Waals surface area contributed by atoms with E-state index in [2.05, 4.69) is 0 Å². The van der Waals surface area contributed by atoms with Gasteiger partial charge in [-0.25, -0.2) is 3.89 Å². The lowest BCUT2D eigenvalue weighted by atomic mass is 10.0. The van der Waals surface area contributed by atoms with Gasteiger partial charge in [-0.05, 0) is 25.1 Å². The highest BCUT2D eigenvalue weighted by Crippen LogP contribution is 2.35. The molecule has 0 aliphatic heterocycles. The molecule has 0 amide bonds. The fourth-order valence-corrected chi connectivity index (χ4v) is 4.34. The summed E-state index contributed by atoms with van der Waals surface area (Å²) >= 11 is 18.8. The lowest BCUT2D eigenvalue weighted by molar-refractivity contribution is -0.763. The van der Waals surface area contributed by atoms with Crippen LogP contribution in [0.5, 0.6) is 0 Å². The van der Waals surface area contributed by atoms with E-state index in [4.69, 9.17) is 39.9 Å². The highest BCUT2D eigenvalue weighted by molar-refractivity contribution is 7.83. The summed E-state index contributed by atoms with van der Waals surface area (Å²) < 4.78 is 25.2. The molecule has 2 aromatic carbocycles. The summed E-state index contributed by atoms with van der Waals surface area (Å²) in [6.07, 6.45) is 0. The van der Waals surface area contributed by atoms with E-state index in [9.17, 15) is 13.2 Å². The average molecular weight is 490 g/mol. The summed E-state index contributed by atoms with van der Waals surface area (Å²) in [5.41, 5.74) is 2.02. The Labute approximate surface area is 190 Å². The van der Waals surface area contributed by atoms with Crippen molar-refractivity contribution in [1.29, 1.82) is 0 Å². The van der Waals surface area contributed by atoms with E-state index in [1.807, 2.05) is 4.57 Å². The first-order chi connectivity index (χ1) is 13.9. The molecule has 0 bridgehead atoms. The van der Waals surface area contributed by atoms with Gasteiger partial charge in [-0.15, -0.1) is 0 Å². The van der Waals surface area contributed by atoms with Crippen LogP contribution in [0.15, 0.2) is 36.4 Å². The fourth-order valence-electron chi connectivity index (χ4n) is 3.34. The number of nitrogens with zero attached hydrogens (tertiary/aromatic N) is 2. The van der Waals surface area contributed by atoms with Gasteiger partial charge in [-0.1, -0.05) is 53.0 Å². The first-order valence-electron chi connectivity index (χ1n) is 8.98. The molecule has 0 radical (unpaired) electrons. The SMILES string of the molecule is Cc1c(C(=O)c2cccc(Cl)c2Cl)c2cccc(Cl)c2n1CC[N+](C)(C)S(N)(=O)=O. The third-order valence-corrected chi connectivity index (χ3v) is 7.95. The maximum Gasteiger partial charge on any atom is 0.367 e. The van der Waals surface area contributed by atoms with Crippen molar-refractivity contribution in [2.24, 2.45) is 5.14 Å². The van der Waals surface area contributed by atoms with Gasteiger partial charge in [0.1, 0.15) is 6.54 Å². The first-order valence-corrected chi connectivity index (χ1v) is 11.6. The number of fused-ring (bicyclic) bond motifs is 1. The molecule has 0 fully saturated rings. The molecule has 0 aliphatic carbocycles. The van der Waals surface area contributed by atoms with E-state index >= 15 is 0 Å². The zero-order valence-electron chi connectivity index (χ0n) is 16.6. The predicted octanol–water partition coefficient (Wildman–Crippen LogP) is 4.42. The smallest absolute Gasteiger partial charge is 0.337 e. The number of rotatable bonds is 6. The van der Waals surface area contributed by atoms with Crippen LogP contribution in [0.2, 0.25) is 15.1 Å². The van der Waals surface area contributed by atoms with Gasteiger partial charge in [0.05, 0.1) is 46.8 Å². The van der Waals surface area contributed by atoms with E-state index in [1.54, 1.807) is 43.3 Å². The van der Waals surface area contributed by atoms with E-state index in [1.165, 1.54) is 14.1 Å². The van der Waals surface area contributed by atoms with Crippen molar-refractivity contribution in [1.82, 2.24) is 4.57 Å². The van der Waals surface area contributed by atoms with Crippen molar-refractivity contribution < 1.29 is 17.1 Å². The van der Waals surface area contributed by atoms with Crippen LogP contribution in [0.4, 0.5) is 0 Å². The van der Waals surface area contributed by atoms with Crippen molar-refractivity contribution >= 4 is 61.7 Å². The Morgan fingerprint density at radius 1 is 1.07 bits per heavy atom. The highest BCUT2D eigenvalue weighted by atomic mass is 35.5. The van der Waals surface area contributed by atoms with Gasteiger partial charge >= 0.3 is 10.2 Å². The molecule has 0 atom stereocenters. The van der Waals surface area contributed by atoms with Crippen molar-refractivity contribution in [3.8, 4) is 0 Å². The molecule has 0 unspecified atom stereocenters. The Kier molecular flexibility index (Phi) is 6.26. The van der Waals surface area contributed by atoms with Gasteiger partial charge < -0.3 is 4.57 Å². The van der Waals surface area contributed by atoms with Gasteiger partial charge in [0.15, 0.2) is 5.78 Å². The summed E-state index contributed by atoms with van der Waals surface area (Å²) in [5.74, 6) is -0.286. The molecule has 0 spiro atoms. The Hall–Kier alpha value is -1.61. The minimum absolute atomic E-state index is 0.179. The topological polar surface area (TPSA) is 82.2 Å². The van der Waals surface area contributed by atoms with Crippen LogP contribution in [0.3, 0.4) is 0 Å². The minimum atomic E-state index is -3.82. The molecule has 0 saturated heterocycles. The second-order valence-corrected chi connectivity index (χ2v) is 10.7.